The van der Waals surface area contributed by atoms with Crippen LogP contribution in [0.15, 0.2) is 66.7 Å². The first kappa shape index (κ1) is 15.0. The first-order valence-corrected chi connectivity index (χ1v) is 9.08. The van der Waals surface area contributed by atoms with Crippen LogP contribution in [-0.4, -0.2) is 0 Å². The van der Waals surface area contributed by atoms with Gasteiger partial charge in [0.15, 0.2) is 0 Å². The summed E-state index contributed by atoms with van der Waals surface area (Å²) in [7, 11) is 0. The second-order valence-corrected chi connectivity index (χ2v) is 8.13. The van der Waals surface area contributed by atoms with Crippen molar-refractivity contribution in [3.63, 3.8) is 0 Å². The van der Waals surface area contributed by atoms with E-state index in [0.29, 0.717) is 0 Å². The van der Waals surface area contributed by atoms with Gasteiger partial charge in [-0.05, 0) is 41.2 Å². The molecule has 2 heteroatoms. The fraction of sp³-hybridized carbons (Fsp3) is 0.217. The molecule has 1 atom stereocenters. The van der Waals surface area contributed by atoms with E-state index < -0.39 is 0 Å². The van der Waals surface area contributed by atoms with E-state index in [9.17, 15) is 0 Å². The van der Waals surface area contributed by atoms with Crippen LogP contribution in [0.25, 0.3) is 0 Å². The SMILES string of the molecule is CC1(C)CC2(c3ccccc3Oc3cccc(Cl)c32)c2ccccc21. The Morgan fingerprint density at radius 2 is 1.40 bits per heavy atom. The Labute approximate surface area is 153 Å². The average molecular weight is 347 g/mol. The van der Waals surface area contributed by atoms with Crippen molar-refractivity contribution in [3.05, 3.63) is 94.0 Å². The largest absolute Gasteiger partial charge is 0.457 e. The molecule has 1 spiro atoms. The van der Waals surface area contributed by atoms with Gasteiger partial charge in [0.1, 0.15) is 11.5 Å². The zero-order chi connectivity index (χ0) is 17.2. The predicted molar refractivity (Wildman–Crippen MR) is 102 cm³/mol. The minimum atomic E-state index is -0.261. The Morgan fingerprint density at radius 1 is 0.760 bits per heavy atom. The van der Waals surface area contributed by atoms with Crippen molar-refractivity contribution in [2.45, 2.75) is 31.1 Å². The molecule has 1 nitrogen and oxygen atoms in total. The third-order valence-corrected chi connectivity index (χ3v) is 6.11. The molecule has 3 aromatic rings. The Morgan fingerprint density at radius 3 is 2.20 bits per heavy atom. The number of para-hydroxylation sites is 1. The number of benzene rings is 3. The first-order valence-electron chi connectivity index (χ1n) is 8.70. The molecule has 1 unspecified atom stereocenters. The molecule has 2 aliphatic rings. The van der Waals surface area contributed by atoms with Crippen LogP contribution in [0, 0.1) is 0 Å². The number of hydrogen-bond donors (Lipinski definition) is 0. The highest BCUT2D eigenvalue weighted by Gasteiger charge is 2.54. The number of fused-ring (bicyclic) bond motifs is 6. The van der Waals surface area contributed by atoms with Crippen molar-refractivity contribution < 1.29 is 4.74 Å². The molecule has 124 valence electrons. The van der Waals surface area contributed by atoms with Gasteiger partial charge < -0.3 is 4.74 Å². The molecule has 0 radical (unpaired) electrons. The molecule has 1 aliphatic heterocycles. The molecule has 1 aliphatic carbocycles. The molecule has 3 aromatic carbocycles. The van der Waals surface area contributed by atoms with E-state index in [1.807, 2.05) is 24.3 Å². The average Bonchev–Trinajstić information content (AvgIpc) is 2.84. The van der Waals surface area contributed by atoms with E-state index in [1.54, 1.807) is 0 Å². The van der Waals surface area contributed by atoms with Crippen LogP contribution in [0.5, 0.6) is 11.5 Å². The standard InChI is InChI=1S/C23H19ClO/c1-22(2)14-23(16-9-4-3-8-15(16)22)17-10-5-6-12-19(17)25-20-13-7-11-18(24)21(20)23/h3-13H,14H2,1-2H3. The van der Waals surface area contributed by atoms with Gasteiger partial charge >= 0.3 is 0 Å². The maximum atomic E-state index is 6.76. The van der Waals surface area contributed by atoms with E-state index in [2.05, 4.69) is 56.3 Å². The van der Waals surface area contributed by atoms with Gasteiger partial charge in [-0.25, -0.2) is 0 Å². The summed E-state index contributed by atoms with van der Waals surface area (Å²) in [6, 6.07) is 23.2. The first-order chi connectivity index (χ1) is 12.0. The second kappa shape index (κ2) is 4.89. The summed E-state index contributed by atoms with van der Waals surface area (Å²) in [5, 5.41) is 0.777. The van der Waals surface area contributed by atoms with E-state index in [1.165, 1.54) is 16.7 Å². The minimum Gasteiger partial charge on any atom is -0.457 e. The Kier molecular flexibility index (Phi) is 2.94. The maximum absolute atomic E-state index is 6.76. The molecule has 0 fully saturated rings. The fourth-order valence-electron chi connectivity index (χ4n) is 4.93. The van der Waals surface area contributed by atoms with Crippen molar-refractivity contribution >= 4 is 11.6 Å². The van der Waals surface area contributed by atoms with Gasteiger partial charge in [0.25, 0.3) is 0 Å². The lowest BCUT2D eigenvalue weighted by molar-refractivity contribution is 0.382. The van der Waals surface area contributed by atoms with Crippen LogP contribution in [0.1, 0.15) is 42.5 Å². The molecule has 0 N–H and O–H groups in total. The quantitative estimate of drug-likeness (QED) is 0.453. The molecule has 0 saturated heterocycles. The highest BCUT2D eigenvalue weighted by molar-refractivity contribution is 6.31. The van der Waals surface area contributed by atoms with Crippen LogP contribution in [-0.2, 0) is 10.8 Å². The predicted octanol–water partition coefficient (Wildman–Crippen LogP) is 6.46. The summed E-state index contributed by atoms with van der Waals surface area (Å²) in [6.45, 7) is 4.66. The maximum Gasteiger partial charge on any atom is 0.133 e. The van der Waals surface area contributed by atoms with E-state index in [4.69, 9.17) is 16.3 Å². The number of hydrogen-bond acceptors (Lipinski definition) is 1. The number of ether oxygens (including phenoxy) is 1. The molecule has 0 aromatic heterocycles. The minimum absolute atomic E-state index is 0.0669. The summed E-state index contributed by atoms with van der Waals surface area (Å²) in [5.74, 6) is 1.81. The van der Waals surface area contributed by atoms with E-state index in [0.717, 1.165) is 28.5 Å². The summed E-state index contributed by atoms with van der Waals surface area (Å²) in [6.07, 6.45) is 0.983. The van der Waals surface area contributed by atoms with Crippen molar-refractivity contribution in [2.24, 2.45) is 0 Å². The molecule has 1 heterocycles. The molecule has 0 saturated carbocycles. The Balaban J connectivity index is 1.95. The number of rotatable bonds is 0. The fourth-order valence-corrected chi connectivity index (χ4v) is 5.25. The molecule has 25 heavy (non-hydrogen) atoms. The second-order valence-electron chi connectivity index (χ2n) is 7.72. The van der Waals surface area contributed by atoms with Gasteiger partial charge in [-0.3, -0.25) is 0 Å². The highest BCUT2D eigenvalue weighted by atomic mass is 35.5. The van der Waals surface area contributed by atoms with Gasteiger partial charge in [-0.1, -0.05) is 74.0 Å². The van der Waals surface area contributed by atoms with Crippen LogP contribution >= 0.6 is 11.6 Å². The summed E-state index contributed by atoms with van der Waals surface area (Å²) < 4.78 is 6.24. The summed E-state index contributed by atoms with van der Waals surface area (Å²) in [5.41, 5.74) is 4.88. The lowest BCUT2D eigenvalue weighted by atomic mass is 9.67. The summed E-state index contributed by atoms with van der Waals surface area (Å²) >= 11 is 6.76. The van der Waals surface area contributed by atoms with Crippen LogP contribution in [0.2, 0.25) is 5.02 Å². The van der Waals surface area contributed by atoms with E-state index in [-0.39, 0.29) is 10.8 Å². The highest BCUT2D eigenvalue weighted by Crippen LogP contribution is 2.63. The molecule has 0 amide bonds. The third-order valence-electron chi connectivity index (χ3n) is 5.79. The normalized spacial score (nSPS) is 22.0. The lowest BCUT2D eigenvalue weighted by Crippen LogP contribution is -2.32. The Bertz CT molecular complexity index is 1000. The molecular weight excluding hydrogens is 328 g/mol. The van der Waals surface area contributed by atoms with Crippen molar-refractivity contribution in [1.29, 1.82) is 0 Å². The lowest BCUT2D eigenvalue weighted by Gasteiger charge is -2.39. The molecule has 5 rings (SSSR count). The zero-order valence-electron chi connectivity index (χ0n) is 14.3. The van der Waals surface area contributed by atoms with Gasteiger partial charge in [0.05, 0.1) is 5.41 Å². The number of halogens is 1. The van der Waals surface area contributed by atoms with Crippen molar-refractivity contribution in [2.75, 3.05) is 0 Å². The van der Waals surface area contributed by atoms with Crippen molar-refractivity contribution in [3.8, 4) is 11.5 Å². The smallest absolute Gasteiger partial charge is 0.133 e. The van der Waals surface area contributed by atoms with Gasteiger partial charge in [-0.15, -0.1) is 0 Å². The van der Waals surface area contributed by atoms with Gasteiger partial charge in [0, 0.05) is 16.1 Å². The van der Waals surface area contributed by atoms with Crippen LogP contribution in [0.4, 0.5) is 0 Å². The van der Waals surface area contributed by atoms with Gasteiger partial charge in [0.2, 0.25) is 0 Å². The molecule has 0 bridgehead atoms. The third kappa shape index (κ3) is 1.85. The monoisotopic (exact) mass is 346 g/mol. The van der Waals surface area contributed by atoms with Crippen molar-refractivity contribution in [1.82, 2.24) is 0 Å². The topological polar surface area (TPSA) is 9.23 Å². The van der Waals surface area contributed by atoms with Gasteiger partial charge in [-0.2, -0.15) is 0 Å². The van der Waals surface area contributed by atoms with Crippen LogP contribution in [0.3, 0.4) is 0 Å². The summed E-state index contributed by atoms with van der Waals surface area (Å²) in [4.78, 5) is 0. The molecular formula is C23H19ClO. The Hall–Kier alpha value is -2.25. The van der Waals surface area contributed by atoms with E-state index >= 15 is 0 Å². The zero-order valence-corrected chi connectivity index (χ0v) is 15.1. The van der Waals surface area contributed by atoms with Crippen LogP contribution < -0.4 is 4.74 Å².